The van der Waals surface area contributed by atoms with Crippen LogP contribution in [-0.2, 0) is 6.54 Å². The number of amides is 1. The summed E-state index contributed by atoms with van der Waals surface area (Å²) in [6.07, 6.45) is 0. The van der Waals surface area contributed by atoms with Gasteiger partial charge in [0, 0.05) is 4.47 Å². The number of hydrogen-bond acceptors (Lipinski definition) is 4. The van der Waals surface area contributed by atoms with E-state index in [0.29, 0.717) is 23.6 Å². The van der Waals surface area contributed by atoms with E-state index in [2.05, 4.69) is 21.2 Å². The summed E-state index contributed by atoms with van der Waals surface area (Å²) in [7, 11) is 1.57. The molecule has 0 aliphatic heterocycles. The van der Waals surface area contributed by atoms with E-state index in [9.17, 15) is 4.79 Å². The van der Waals surface area contributed by atoms with Gasteiger partial charge in [0.05, 0.1) is 24.1 Å². The number of benzene rings is 1. The molecular weight excluding hydrogens is 378 g/mol. The van der Waals surface area contributed by atoms with Crippen molar-refractivity contribution in [2.45, 2.75) is 6.54 Å². The molecular formula is C17H14BrNO3S. The van der Waals surface area contributed by atoms with Crippen LogP contribution in [-0.4, -0.2) is 13.0 Å². The number of carbonyl (C=O) groups excluding carboxylic acids is 1. The minimum Gasteiger partial charge on any atom is -0.497 e. The molecule has 3 aromatic rings. The number of carbonyl (C=O) groups is 1. The van der Waals surface area contributed by atoms with Crippen molar-refractivity contribution in [1.29, 1.82) is 0 Å². The van der Waals surface area contributed by atoms with E-state index in [-0.39, 0.29) is 5.91 Å². The summed E-state index contributed by atoms with van der Waals surface area (Å²) in [5, 5.41) is 4.85. The Labute approximate surface area is 146 Å². The van der Waals surface area contributed by atoms with Gasteiger partial charge in [-0.05, 0) is 57.7 Å². The highest BCUT2D eigenvalue weighted by Gasteiger charge is 2.12. The minimum absolute atomic E-state index is 0.190. The molecule has 2 heterocycles. The van der Waals surface area contributed by atoms with Crippen molar-refractivity contribution in [3.8, 4) is 16.4 Å². The third-order valence-corrected chi connectivity index (χ3v) is 4.84. The lowest BCUT2D eigenvalue weighted by Gasteiger charge is -2.07. The van der Waals surface area contributed by atoms with E-state index in [0.717, 1.165) is 15.1 Å². The number of rotatable bonds is 5. The van der Waals surface area contributed by atoms with E-state index >= 15 is 0 Å². The van der Waals surface area contributed by atoms with Crippen LogP contribution in [0.1, 0.15) is 16.1 Å². The van der Waals surface area contributed by atoms with E-state index in [1.807, 2.05) is 29.6 Å². The van der Waals surface area contributed by atoms with Gasteiger partial charge in [-0.3, -0.25) is 4.79 Å². The van der Waals surface area contributed by atoms with Crippen LogP contribution in [0, 0.1) is 0 Å². The van der Waals surface area contributed by atoms with Gasteiger partial charge in [-0.25, -0.2) is 0 Å². The Morgan fingerprint density at radius 3 is 2.91 bits per heavy atom. The van der Waals surface area contributed by atoms with Crippen LogP contribution < -0.4 is 10.1 Å². The second kappa shape index (κ2) is 7.02. The van der Waals surface area contributed by atoms with E-state index in [1.165, 1.54) is 0 Å². The molecule has 0 saturated heterocycles. The van der Waals surface area contributed by atoms with Crippen LogP contribution in [0.4, 0.5) is 0 Å². The second-order valence-electron chi connectivity index (χ2n) is 4.77. The van der Waals surface area contributed by atoms with Crippen LogP contribution in [0.25, 0.3) is 10.6 Å². The predicted molar refractivity (Wildman–Crippen MR) is 93.9 cm³/mol. The number of thiophene rings is 1. The third kappa shape index (κ3) is 3.65. The Hall–Kier alpha value is -2.05. The third-order valence-electron chi connectivity index (χ3n) is 3.27. The lowest BCUT2D eigenvalue weighted by atomic mass is 10.2. The zero-order valence-corrected chi connectivity index (χ0v) is 14.7. The van der Waals surface area contributed by atoms with Gasteiger partial charge in [-0.2, -0.15) is 0 Å². The number of furan rings is 1. The quantitative estimate of drug-likeness (QED) is 0.684. The molecule has 1 aromatic carbocycles. The van der Waals surface area contributed by atoms with Gasteiger partial charge in [0.25, 0.3) is 5.91 Å². The summed E-state index contributed by atoms with van der Waals surface area (Å²) in [5.74, 6) is 1.97. The Morgan fingerprint density at radius 1 is 1.30 bits per heavy atom. The molecule has 2 aromatic heterocycles. The van der Waals surface area contributed by atoms with Crippen LogP contribution in [0.15, 0.2) is 56.7 Å². The maximum atomic E-state index is 12.3. The molecule has 1 N–H and O–H groups in total. The lowest BCUT2D eigenvalue weighted by Crippen LogP contribution is -2.23. The number of hydrogen-bond donors (Lipinski definition) is 1. The molecule has 23 heavy (non-hydrogen) atoms. The number of halogens is 1. The number of methoxy groups -OCH3 is 1. The fourth-order valence-electron chi connectivity index (χ4n) is 2.09. The smallest absolute Gasteiger partial charge is 0.252 e. The summed E-state index contributed by atoms with van der Waals surface area (Å²) in [6.45, 7) is 0.327. The largest absolute Gasteiger partial charge is 0.497 e. The molecule has 3 rings (SSSR count). The Morgan fingerprint density at radius 2 is 2.17 bits per heavy atom. The fraction of sp³-hybridized carbons (Fsp3) is 0.118. The summed E-state index contributed by atoms with van der Waals surface area (Å²) in [5.41, 5.74) is 0.523. The van der Waals surface area contributed by atoms with Crippen LogP contribution >= 0.6 is 27.3 Å². The van der Waals surface area contributed by atoms with Crippen LogP contribution in [0.3, 0.4) is 0 Å². The zero-order valence-electron chi connectivity index (χ0n) is 12.3. The number of nitrogens with one attached hydrogen (secondary N) is 1. The summed E-state index contributed by atoms with van der Waals surface area (Å²) in [6, 6.07) is 13.0. The van der Waals surface area contributed by atoms with Crippen molar-refractivity contribution >= 4 is 33.2 Å². The van der Waals surface area contributed by atoms with Gasteiger partial charge in [-0.1, -0.05) is 6.07 Å². The average molecular weight is 392 g/mol. The highest BCUT2D eigenvalue weighted by atomic mass is 79.9. The van der Waals surface area contributed by atoms with Gasteiger partial charge in [0.2, 0.25) is 0 Å². The maximum absolute atomic E-state index is 12.3. The Balaban J connectivity index is 1.67. The highest BCUT2D eigenvalue weighted by molar-refractivity contribution is 9.10. The maximum Gasteiger partial charge on any atom is 0.252 e. The molecule has 0 fully saturated rings. The molecule has 0 saturated carbocycles. The molecule has 1 amide bonds. The molecule has 0 unspecified atom stereocenters. The molecule has 0 spiro atoms. The average Bonchev–Trinajstić information content (AvgIpc) is 3.24. The van der Waals surface area contributed by atoms with Crippen molar-refractivity contribution in [3.63, 3.8) is 0 Å². The van der Waals surface area contributed by atoms with Crippen molar-refractivity contribution in [1.82, 2.24) is 5.32 Å². The molecule has 0 radical (unpaired) electrons. The minimum atomic E-state index is -0.190. The SMILES string of the molecule is COc1ccc(Br)c(C(=O)NCc2ccc(-c3cccs3)o2)c1. The normalized spacial score (nSPS) is 10.5. The van der Waals surface area contributed by atoms with Gasteiger partial charge in [0.15, 0.2) is 0 Å². The molecule has 6 heteroatoms. The van der Waals surface area contributed by atoms with Gasteiger partial charge >= 0.3 is 0 Å². The van der Waals surface area contributed by atoms with E-state index < -0.39 is 0 Å². The highest BCUT2D eigenvalue weighted by Crippen LogP contribution is 2.27. The van der Waals surface area contributed by atoms with E-state index in [4.69, 9.17) is 9.15 Å². The predicted octanol–water partition coefficient (Wildman–Crippen LogP) is 4.71. The monoisotopic (exact) mass is 391 g/mol. The van der Waals surface area contributed by atoms with Gasteiger partial charge < -0.3 is 14.5 Å². The topological polar surface area (TPSA) is 51.5 Å². The van der Waals surface area contributed by atoms with Crippen LogP contribution in [0.5, 0.6) is 5.75 Å². The van der Waals surface area contributed by atoms with E-state index in [1.54, 1.807) is 36.6 Å². The molecule has 0 atom stereocenters. The summed E-state index contributed by atoms with van der Waals surface area (Å²) < 4.78 is 11.6. The van der Waals surface area contributed by atoms with Crippen molar-refractivity contribution in [2.24, 2.45) is 0 Å². The lowest BCUT2D eigenvalue weighted by molar-refractivity contribution is 0.0947. The van der Waals surface area contributed by atoms with Gasteiger partial charge in [0.1, 0.15) is 17.3 Å². The molecule has 0 aliphatic rings. The molecule has 0 aliphatic carbocycles. The Bertz CT molecular complexity index is 811. The van der Waals surface area contributed by atoms with Crippen molar-refractivity contribution in [3.05, 3.63) is 63.6 Å². The zero-order chi connectivity index (χ0) is 16.2. The summed E-state index contributed by atoms with van der Waals surface area (Å²) in [4.78, 5) is 13.4. The first-order chi connectivity index (χ1) is 11.2. The summed E-state index contributed by atoms with van der Waals surface area (Å²) >= 11 is 4.99. The standard InChI is InChI=1S/C17H14BrNO3S/c1-21-11-4-6-14(18)13(9-11)17(20)19-10-12-5-7-15(22-12)16-3-2-8-23-16/h2-9H,10H2,1H3,(H,19,20). The van der Waals surface area contributed by atoms with Crippen molar-refractivity contribution in [2.75, 3.05) is 7.11 Å². The first kappa shape index (κ1) is 15.8. The van der Waals surface area contributed by atoms with Crippen LogP contribution in [0.2, 0.25) is 0 Å². The fourth-order valence-corrected chi connectivity index (χ4v) is 3.21. The molecule has 118 valence electrons. The van der Waals surface area contributed by atoms with Gasteiger partial charge in [-0.15, -0.1) is 11.3 Å². The first-order valence-corrected chi connectivity index (χ1v) is 8.59. The number of ether oxygens (including phenoxy) is 1. The Kier molecular flexibility index (Phi) is 4.83. The molecule has 0 bridgehead atoms. The first-order valence-electron chi connectivity index (χ1n) is 6.91. The second-order valence-corrected chi connectivity index (χ2v) is 6.57. The molecule has 4 nitrogen and oxygen atoms in total. The van der Waals surface area contributed by atoms with Crippen molar-refractivity contribution < 1.29 is 13.9 Å².